The van der Waals surface area contributed by atoms with E-state index in [4.69, 9.17) is 0 Å². The lowest BCUT2D eigenvalue weighted by Gasteiger charge is -2.12. The molecule has 0 heterocycles. The standard InChI is InChI=1S/C12H17BrN2O/c1-9(13)12(16)14-11-6-4-5-10(7-11)8-15(2)3/h4-7,9H,8H2,1-3H3,(H,14,16). The Hall–Kier alpha value is -0.870. The van der Waals surface area contributed by atoms with Crippen molar-refractivity contribution in [1.82, 2.24) is 4.90 Å². The van der Waals surface area contributed by atoms with Crippen LogP contribution in [0.5, 0.6) is 0 Å². The van der Waals surface area contributed by atoms with E-state index in [2.05, 4.69) is 26.1 Å². The van der Waals surface area contributed by atoms with Crippen molar-refractivity contribution in [2.24, 2.45) is 0 Å². The van der Waals surface area contributed by atoms with Crippen LogP contribution in [0, 0.1) is 0 Å². The molecule has 1 atom stereocenters. The maximum Gasteiger partial charge on any atom is 0.237 e. The van der Waals surface area contributed by atoms with Crippen molar-refractivity contribution >= 4 is 27.5 Å². The van der Waals surface area contributed by atoms with Gasteiger partial charge in [0.05, 0.1) is 4.83 Å². The van der Waals surface area contributed by atoms with Crippen molar-refractivity contribution in [3.8, 4) is 0 Å². The van der Waals surface area contributed by atoms with Crippen molar-refractivity contribution < 1.29 is 4.79 Å². The van der Waals surface area contributed by atoms with Gasteiger partial charge in [0.15, 0.2) is 0 Å². The van der Waals surface area contributed by atoms with Crippen LogP contribution in [0.15, 0.2) is 24.3 Å². The molecule has 1 unspecified atom stereocenters. The van der Waals surface area contributed by atoms with E-state index in [0.717, 1.165) is 12.2 Å². The van der Waals surface area contributed by atoms with Crippen LogP contribution in [0.2, 0.25) is 0 Å². The fourth-order valence-electron chi connectivity index (χ4n) is 1.35. The summed E-state index contributed by atoms with van der Waals surface area (Å²) in [5.74, 6) is -0.0259. The van der Waals surface area contributed by atoms with E-state index in [1.54, 1.807) is 6.92 Å². The Labute approximate surface area is 105 Å². The molecule has 0 spiro atoms. The number of rotatable bonds is 4. The average molecular weight is 285 g/mol. The average Bonchev–Trinajstić information content (AvgIpc) is 2.16. The minimum Gasteiger partial charge on any atom is -0.325 e. The second-order valence-corrected chi connectivity index (χ2v) is 5.42. The van der Waals surface area contributed by atoms with E-state index < -0.39 is 0 Å². The van der Waals surface area contributed by atoms with E-state index in [1.807, 2.05) is 38.4 Å². The molecule has 1 aromatic carbocycles. The summed E-state index contributed by atoms with van der Waals surface area (Å²) >= 11 is 3.24. The van der Waals surface area contributed by atoms with E-state index in [0.29, 0.717) is 0 Å². The number of nitrogens with zero attached hydrogens (tertiary/aromatic N) is 1. The smallest absolute Gasteiger partial charge is 0.237 e. The first-order chi connectivity index (χ1) is 7.49. The Morgan fingerprint density at radius 2 is 2.19 bits per heavy atom. The molecule has 0 aliphatic rings. The van der Waals surface area contributed by atoms with Gasteiger partial charge in [0.1, 0.15) is 0 Å². The van der Waals surface area contributed by atoms with Crippen molar-refractivity contribution in [1.29, 1.82) is 0 Å². The molecule has 3 nitrogen and oxygen atoms in total. The van der Waals surface area contributed by atoms with Crippen LogP contribution in [-0.2, 0) is 11.3 Å². The summed E-state index contributed by atoms with van der Waals surface area (Å²) in [5.41, 5.74) is 2.03. The first-order valence-electron chi connectivity index (χ1n) is 5.17. The van der Waals surface area contributed by atoms with Crippen molar-refractivity contribution in [2.45, 2.75) is 18.3 Å². The molecule has 0 aliphatic carbocycles. The molecule has 4 heteroatoms. The molecule has 1 rings (SSSR count). The lowest BCUT2D eigenvalue weighted by molar-refractivity contribution is -0.115. The summed E-state index contributed by atoms with van der Waals surface area (Å²) in [7, 11) is 4.04. The second-order valence-electron chi connectivity index (χ2n) is 4.04. The predicted molar refractivity (Wildman–Crippen MR) is 70.9 cm³/mol. The number of hydrogen-bond donors (Lipinski definition) is 1. The number of anilines is 1. The highest BCUT2D eigenvalue weighted by atomic mass is 79.9. The number of carbonyl (C=O) groups is 1. The largest absolute Gasteiger partial charge is 0.325 e. The fraction of sp³-hybridized carbons (Fsp3) is 0.417. The third-order valence-electron chi connectivity index (χ3n) is 2.05. The van der Waals surface area contributed by atoms with Crippen molar-refractivity contribution in [2.75, 3.05) is 19.4 Å². The Balaban J connectivity index is 2.71. The Morgan fingerprint density at radius 3 is 2.75 bits per heavy atom. The number of amides is 1. The second kappa shape index (κ2) is 6.01. The zero-order chi connectivity index (χ0) is 12.1. The van der Waals surface area contributed by atoms with Gasteiger partial charge in [-0.05, 0) is 38.7 Å². The molecule has 0 saturated carbocycles. The molecule has 16 heavy (non-hydrogen) atoms. The van der Waals surface area contributed by atoms with E-state index >= 15 is 0 Å². The monoisotopic (exact) mass is 284 g/mol. The van der Waals surface area contributed by atoms with Crippen LogP contribution < -0.4 is 5.32 Å². The molecule has 0 fully saturated rings. The summed E-state index contributed by atoms with van der Waals surface area (Å²) in [5, 5.41) is 2.85. The molecule has 1 amide bonds. The molecule has 0 aliphatic heterocycles. The van der Waals surface area contributed by atoms with Crippen LogP contribution in [0.3, 0.4) is 0 Å². The number of hydrogen-bond acceptors (Lipinski definition) is 2. The molecule has 0 bridgehead atoms. The number of benzene rings is 1. The number of alkyl halides is 1. The maximum atomic E-state index is 11.5. The van der Waals surface area contributed by atoms with E-state index in [-0.39, 0.29) is 10.7 Å². The first-order valence-corrected chi connectivity index (χ1v) is 6.09. The molecule has 1 N–H and O–H groups in total. The van der Waals surface area contributed by atoms with Gasteiger partial charge in [0.2, 0.25) is 5.91 Å². The number of halogens is 1. The zero-order valence-electron chi connectivity index (χ0n) is 9.83. The highest BCUT2D eigenvalue weighted by Gasteiger charge is 2.08. The highest BCUT2D eigenvalue weighted by Crippen LogP contribution is 2.13. The Morgan fingerprint density at radius 1 is 1.50 bits per heavy atom. The Bertz CT molecular complexity index is 364. The number of nitrogens with one attached hydrogen (secondary N) is 1. The zero-order valence-corrected chi connectivity index (χ0v) is 11.4. The summed E-state index contributed by atoms with van der Waals surface area (Å²) in [4.78, 5) is 13.4. The Kier molecular flexibility index (Phi) is 4.96. The molecular formula is C12H17BrN2O. The van der Waals surface area contributed by atoms with Crippen LogP contribution >= 0.6 is 15.9 Å². The van der Waals surface area contributed by atoms with Gasteiger partial charge in [0, 0.05) is 12.2 Å². The van der Waals surface area contributed by atoms with Gasteiger partial charge in [-0.3, -0.25) is 4.79 Å². The van der Waals surface area contributed by atoms with Gasteiger partial charge in [-0.25, -0.2) is 0 Å². The van der Waals surface area contributed by atoms with Crippen LogP contribution in [-0.4, -0.2) is 29.7 Å². The van der Waals surface area contributed by atoms with Gasteiger partial charge < -0.3 is 10.2 Å². The van der Waals surface area contributed by atoms with Crippen molar-refractivity contribution in [3.63, 3.8) is 0 Å². The van der Waals surface area contributed by atoms with Gasteiger partial charge in [0.25, 0.3) is 0 Å². The van der Waals surface area contributed by atoms with Crippen LogP contribution in [0.4, 0.5) is 5.69 Å². The van der Waals surface area contributed by atoms with Crippen molar-refractivity contribution in [3.05, 3.63) is 29.8 Å². The fourth-order valence-corrected chi connectivity index (χ4v) is 1.47. The SMILES string of the molecule is CC(Br)C(=O)Nc1cccc(CN(C)C)c1. The van der Waals surface area contributed by atoms with E-state index in [1.165, 1.54) is 5.56 Å². The summed E-state index contributed by atoms with van der Waals surface area (Å²) in [6.45, 7) is 2.67. The first kappa shape index (κ1) is 13.2. The summed E-state index contributed by atoms with van der Waals surface area (Å²) in [6.07, 6.45) is 0. The molecule has 88 valence electrons. The summed E-state index contributed by atoms with van der Waals surface area (Å²) in [6, 6.07) is 7.89. The molecular weight excluding hydrogens is 268 g/mol. The van der Waals surface area contributed by atoms with E-state index in [9.17, 15) is 4.79 Å². The maximum absolute atomic E-state index is 11.5. The predicted octanol–water partition coefficient (Wildman–Crippen LogP) is 2.47. The third kappa shape index (κ3) is 4.33. The lowest BCUT2D eigenvalue weighted by atomic mass is 10.2. The molecule has 1 aromatic rings. The van der Waals surface area contributed by atoms with Gasteiger partial charge in [-0.1, -0.05) is 28.1 Å². The van der Waals surface area contributed by atoms with Crippen LogP contribution in [0.1, 0.15) is 12.5 Å². The quantitative estimate of drug-likeness (QED) is 0.862. The molecule has 0 radical (unpaired) electrons. The molecule has 0 aromatic heterocycles. The van der Waals surface area contributed by atoms with Gasteiger partial charge in [-0.2, -0.15) is 0 Å². The summed E-state index contributed by atoms with van der Waals surface area (Å²) < 4.78 is 0. The molecule has 0 saturated heterocycles. The normalized spacial score (nSPS) is 12.6. The topological polar surface area (TPSA) is 32.3 Å². The third-order valence-corrected chi connectivity index (χ3v) is 2.47. The lowest BCUT2D eigenvalue weighted by Crippen LogP contribution is -2.20. The minimum absolute atomic E-state index is 0.0259. The minimum atomic E-state index is -0.176. The number of carbonyl (C=O) groups excluding carboxylic acids is 1. The van der Waals surface area contributed by atoms with Gasteiger partial charge >= 0.3 is 0 Å². The highest BCUT2D eigenvalue weighted by molar-refractivity contribution is 9.10. The van der Waals surface area contributed by atoms with Crippen LogP contribution in [0.25, 0.3) is 0 Å². The van der Waals surface area contributed by atoms with Gasteiger partial charge in [-0.15, -0.1) is 0 Å².